The minimum atomic E-state index is -0.000889. The van der Waals surface area contributed by atoms with Crippen molar-refractivity contribution < 1.29 is 14.3 Å². The first-order chi connectivity index (χ1) is 19.9. The maximum atomic E-state index is 13.0. The molecule has 41 heavy (non-hydrogen) atoms. The number of piperidine rings is 1. The van der Waals surface area contributed by atoms with Crippen molar-refractivity contribution in [2.45, 2.75) is 51.2 Å². The van der Waals surface area contributed by atoms with Crippen molar-refractivity contribution in [1.29, 1.82) is 0 Å². The largest absolute Gasteiger partial charge is 0.454 e. The Labute approximate surface area is 252 Å². The number of carbonyl (C=O) groups excluding carboxylic acids is 1. The fourth-order valence-electron chi connectivity index (χ4n) is 6.57. The molecule has 0 spiro atoms. The van der Waals surface area contributed by atoms with Gasteiger partial charge in [0.2, 0.25) is 6.79 Å². The molecule has 6 nitrogen and oxygen atoms in total. The van der Waals surface area contributed by atoms with E-state index in [0.29, 0.717) is 40.5 Å². The lowest BCUT2D eigenvalue weighted by Gasteiger charge is -2.47. The highest BCUT2D eigenvalue weighted by atomic mass is 35.5. The smallest absolute Gasteiger partial charge is 0.255 e. The van der Waals surface area contributed by atoms with Gasteiger partial charge in [0.15, 0.2) is 11.5 Å². The first-order valence-corrected chi connectivity index (χ1v) is 15.3. The lowest BCUT2D eigenvalue weighted by atomic mass is 9.97. The van der Waals surface area contributed by atoms with Crippen molar-refractivity contribution in [1.82, 2.24) is 14.7 Å². The molecule has 2 fully saturated rings. The molecule has 0 aliphatic carbocycles. The molecule has 0 aromatic heterocycles. The van der Waals surface area contributed by atoms with Crippen molar-refractivity contribution in [2.75, 3.05) is 39.5 Å². The lowest BCUT2D eigenvalue weighted by molar-refractivity contribution is 0.0135. The van der Waals surface area contributed by atoms with Gasteiger partial charge in [0.1, 0.15) is 0 Å². The summed E-state index contributed by atoms with van der Waals surface area (Å²) in [5.41, 5.74) is 4.41. The number of ether oxygens (including phenoxy) is 2. The van der Waals surface area contributed by atoms with Crippen molar-refractivity contribution in [2.24, 2.45) is 0 Å². The third-order valence-corrected chi connectivity index (χ3v) is 9.49. The van der Waals surface area contributed by atoms with Gasteiger partial charge in [-0.1, -0.05) is 53.5 Å². The van der Waals surface area contributed by atoms with Gasteiger partial charge in [0.25, 0.3) is 5.91 Å². The fraction of sp³-hybridized carbons (Fsp3) is 0.424. The molecule has 216 valence electrons. The van der Waals surface area contributed by atoms with E-state index in [-0.39, 0.29) is 5.91 Å². The summed E-state index contributed by atoms with van der Waals surface area (Å²) in [6, 6.07) is 21.7. The third kappa shape index (κ3) is 6.21. The summed E-state index contributed by atoms with van der Waals surface area (Å²) in [6.45, 7) is 9.63. The van der Waals surface area contributed by atoms with E-state index in [2.05, 4.69) is 60.0 Å². The molecule has 0 N–H and O–H groups in total. The van der Waals surface area contributed by atoms with Crippen LogP contribution in [0.3, 0.4) is 0 Å². The zero-order chi connectivity index (χ0) is 28.5. The van der Waals surface area contributed by atoms with Crippen LogP contribution >= 0.6 is 23.2 Å². The molecule has 0 saturated carbocycles. The molecule has 3 aromatic rings. The lowest BCUT2D eigenvalue weighted by Crippen LogP contribution is -2.57. The van der Waals surface area contributed by atoms with E-state index in [1.807, 2.05) is 11.0 Å². The van der Waals surface area contributed by atoms with E-state index < -0.39 is 0 Å². The molecule has 0 bridgehead atoms. The summed E-state index contributed by atoms with van der Waals surface area (Å²) < 4.78 is 11.0. The Morgan fingerprint density at radius 3 is 2.37 bits per heavy atom. The summed E-state index contributed by atoms with van der Waals surface area (Å²) in [5, 5.41) is 0.963. The zero-order valence-corrected chi connectivity index (χ0v) is 25.2. The van der Waals surface area contributed by atoms with E-state index in [1.54, 1.807) is 18.2 Å². The molecule has 0 radical (unpaired) electrons. The molecular formula is C33H37Cl2N3O3. The van der Waals surface area contributed by atoms with Crippen LogP contribution in [0.1, 0.15) is 59.8 Å². The maximum Gasteiger partial charge on any atom is 0.255 e. The number of carbonyl (C=O) groups is 1. The second-order valence-electron chi connectivity index (χ2n) is 11.5. The normalized spacial score (nSPS) is 20.8. The molecule has 3 aromatic carbocycles. The van der Waals surface area contributed by atoms with Crippen LogP contribution in [-0.2, 0) is 6.42 Å². The molecular weight excluding hydrogens is 557 g/mol. The number of fused-ring (bicyclic) bond motifs is 1. The second-order valence-corrected chi connectivity index (χ2v) is 12.4. The van der Waals surface area contributed by atoms with Gasteiger partial charge in [-0.25, -0.2) is 0 Å². The Hall–Kier alpha value is -2.77. The summed E-state index contributed by atoms with van der Waals surface area (Å²) in [7, 11) is 0. The van der Waals surface area contributed by atoms with Crippen molar-refractivity contribution in [3.63, 3.8) is 0 Å². The van der Waals surface area contributed by atoms with Crippen LogP contribution in [0.5, 0.6) is 11.5 Å². The van der Waals surface area contributed by atoms with Crippen LogP contribution in [0.2, 0.25) is 10.0 Å². The van der Waals surface area contributed by atoms with Crippen LogP contribution in [0.4, 0.5) is 0 Å². The minimum absolute atomic E-state index is 0.000889. The molecule has 3 aliphatic heterocycles. The highest BCUT2D eigenvalue weighted by Crippen LogP contribution is 2.34. The Kier molecular flexibility index (Phi) is 8.45. The molecule has 2 atom stereocenters. The van der Waals surface area contributed by atoms with Gasteiger partial charge < -0.3 is 14.4 Å². The van der Waals surface area contributed by atoms with Gasteiger partial charge in [0.05, 0.1) is 10.6 Å². The summed E-state index contributed by atoms with van der Waals surface area (Å²) >= 11 is 12.3. The average molecular weight is 595 g/mol. The van der Waals surface area contributed by atoms with Gasteiger partial charge >= 0.3 is 0 Å². The Morgan fingerprint density at radius 2 is 1.63 bits per heavy atom. The Morgan fingerprint density at radius 1 is 0.902 bits per heavy atom. The summed E-state index contributed by atoms with van der Waals surface area (Å²) in [4.78, 5) is 20.2. The standard InChI is InChI=1S/C33H37Cl2N3O3/c1-22-20-37(28-11-13-36(14-12-28)33(39)29-9-8-27(34)19-30(29)35)15-16-38(22)23(2)26-6-3-24(4-7-26)17-25-5-10-31-32(18-25)41-21-40-31/h3-10,18-19,22-23,28H,11-17,20-21H2,1-2H3/t22-,23+/m1/s1. The van der Waals surface area contributed by atoms with E-state index in [4.69, 9.17) is 32.7 Å². The van der Waals surface area contributed by atoms with Gasteiger partial charge in [-0.15, -0.1) is 0 Å². The van der Waals surface area contributed by atoms with Gasteiger partial charge in [0, 0.05) is 55.9 Å². The van der Waals surface area contributed by atoms with Crippen LogP contribution in [0, 0.1) is 0 Å². The average Bonchev–Trinajstić information content (AvgIpc) is 3.45. The number of amides is 1. The molecule has 1 amide bonds. The summed E-state index contributed by atoms with van der Waals surface area (Å²) in [5.74, 6) is 1.66. The van der Waals surface area contributed by atoms with Crippen molar-refractivity contribution in [3.8, 4) is 11.5 Å². The van der Waals surface area contributed by atoms with E-state index in [0.717, 1.165) is 63.5 Å². The predicted octanol–water partition coefficient (Wildman–Crippen LogP) is 6.68. The fourth-order valence-corrected chi connectivity index (χ4v) is 7.06. The molecule has 8 heteroatoms. The molecule has 2 saturated heterocycles. The first kappa shape index (κ1) is 28.4. The zero-order valence-electron chi connectivity index (χ0n) is 23.7. The monoisotopic (exact) mass is 593 g/mol. The summed E-state index contributed by atoms with van der Waals surface area (Å²) in [6.07, 6.45) is 2.85. The molecule has 6 rings (SSSR count). The number of rotatable bonds is 6. The van der Waals surface area contributed by atoms with Gasteiger partial charge in [-0.05, 0) is 80.1 Å². The van der Waals surface area contributed by atoms with E-state index in [1.165, 1.54) is 16.7 Å². The number of benzene rings is 3. The van der Waals surface area contributed by atoms with Gasteiger partial charge in [-0.2, -0.15) is 0 Å². The predicted molar refractivity (Wildman–Crippen MR) is 163 cm³/mol. The number of hydrogen-bond acceptors (Lipinski definition) is 5. The molecule has 0 unspecified atom stereocenters. The number of halogens is 2. The van der Waals surface area contributed by atoms with Crippen LogP contribution < -0.4 is 9.47 Å². The second kappa shape index (κ2) is 12.2. The Bertz CT molecular complexity index is 1390. The molecule has 3 aliphatic rings. The number of nitrogens with zero attached hydrogens (tertiary/aromatic N) is 3. The first-order valence-electron chi connectivity index (χ1n) is 14.6. The van der Waals surface area contributed by atoms with Crippen LogP contribution in [-0.4, -0.2) is 72.2 Å². The SMILES string of the molecule is C[C@@H]1CN(C2CCN(C(=O)c3ccc(Cl)cc3Cl)CC2)CCN1[C@@H](C)c1ccc(Cc2ccc3c(c2)OCO3)cc1. The number of likely N-dealkylation sites (tertiary alicyclic amines) is 1. The minimum Gasteiger partial charge on any atom is -0.454 e. The van der Waals surface area contributed by atoms with Crippen LogP contribution in [0.25, 0.3) is 0 Å². The van der Waals surface area contributed by atoms with Crippen molar-refractivity contribution >= 4 is 29.1 Å². The topological polar surface area (TPSA) is 45.2 Å². The number of piperazine rings is 1. The van der Waals surface area contributed by atoms with Crippen LogP contribution in [0.15, 0.2) is 60.7 Å². The van der Waals surface area contributed by atoms with Crippen molar-refractivity contribution in [3.05, 3.63) is 93.0 Å². The third-order valence-electron chi connectivity index (χ3n) is 8.94. The molecule has 3 heterocycles. The number of hydrogen-bond donors (Lipinski definition) is 0. The quantitative estimate of drug-likeness (QED) is 0.319. The van der Waals surface area contributed by atoms with Gasteiger partial charge in [-0.3, -0.25) is 14.6 Å². The highest BCUT2D eigenvalue weighted by molar-refractivity contribution is 6.36. The van der Waals surface area contributed by atoms with E-state index in [9.17, 15) is 4.79 Å². The Balaban J connectivity index is 1.00. The van der Waals surface area contributed by atoms with E-state index >= 15 is 0 Å². The highest BCUT2D eigenvalue weighted by Gasteiger charge is 2.34. The maximum absolute atomic E-state index is 13.0.